The van der Waals surface area contributed by atoms with E-state index in [1.54, 1.807) is 0 Å². The minimum Gasteiger partial charge on any atom is -0.307 e. The summed E-state index contributed by atoms with van der Waals surface area (Å²) in [7, 11) is -3.42. The number of rotatable bonds is 10. The lowest BCUT2D eigenvalue weighted by Gasteiger charge is -2.30. The first-order chi connectivity index (χ1) is 32.4. The highest BCUT2D eigenvalue weighted by molar-refractivity contribution is 6.89. The Bertz CT molecular complexity index is 3280. The third kappa shape index (κ3) is 8.05. The van der Waals surface area contributed by atoms with E-state index in [1.807, 2.05) is 145 Å². The Hall–Kier alpha value is -7.01. The number of halogens is 4. The van der Waals surface area contributed by atoms with Gasteiger partial charge in [0.15, 0.2) is 0 Å². The molecule has 0 aliphatic rings. The Kier molecular flexibility index (Phi) is 11.2. The first-order valence-corrected chi connectivity index (χ1v) is 30.1. The second-order valence-electron chi connectivity index (χ2n) is 20.2. The highest BCUT2D eigenvalue weighted by atomic mass is 28.3. The van der Waals surface area contributed by atoms with Gasteiger partial charge >= 0.3 is 0 Å². The SMILES string of the molecule is Cc1ccc(-c2cc(F)c(N(c3ccc([Si](C)(C)C)cc3)c3ccc4ccc5c(N(c6ccc([Si](C)(C)C)cc6)c6cc(F)c(-c7ccc(C)cc7)cc6F)ccc6ccc3c4c65)cc2F)cc1. The molecule has 0 fully saturated rings. The molecule has 0 aliphatic carbocycles. The molecule has 10 rings (SSSR count). The second-order valence-corrected chi connectivity index (χ2v) is 30.3. The quantitative estimate of drug-likeness (QED) is 0.0766. The molecule has 0 aliphatic heterocycles. The third-order valence-corrected chi connectivity index (χ3v) is 17.5. The van der Waals surface area contributed by atoms with Crippen LogP contribution in [0.15, 0.2) is 170 Å². The van der Waals surface area contributed by atoms with Gasteiger partial charge < -0.3 is 9.80 Å². The molecule has 68 heavy (non-hydrogen) atoms. The Morgan fingerprint density at radius 1 is 0.338 bits per heavy atom. The molecule has 8 heteroatoms. The van der Waals surface area contributed by atoms with Crippen LogP contribution in [0.2, 0.25) is 39.3 Å². The van der Waals surface area contributed by atoms with Crippen molar-refractivity contribution < 1.29 is 17.6 Å². The Labute approximate surface area is 398 Å². The minimum atomic E-state index is -1.71. The fraction of sp³-hybridized carbons (Fsp3) is 0.133. The number of benzene rings is 10. The zero-order chi connectivity index (χ0) is 47.8. The zero-order valence-corrected chi connectivity index (χ0v) is 41.6. The van der Waals surface area contributed by atoms with Gasteiger partial charge in [-0.25, -0.2) is 17.6 Å². The van der Waals surface area contributed by atoms with E-state index in [-0.39, 0.29) is 22.5 Å². The van der Waals surface area contributed by atoms with Crippen molar-refractivity contribution in [1.82, 2.24) is 0 Å². The number of anilines is 6. The first kappa shape index (κ1) is 44.8. The predicted molar refractivity (Wildman–Crippen MR) is 286 cm³/mol. The summed E-state index contributed by atoms with van der Waals surface area (Å²) in [5, 5.41) is 7.84. The molecule has 2 nitrogen and oxygen atoms in total. The standard InChI is InChI=1S/C60H52F4N2Si2/c1-37-9-13-39(14-10-37)49-33-53(63)57(35-51(49)61)65(43-21-25-45(26-22-43)67(3,4)5)55-31-19-41-18-30-48-56(32-20-42-17-29-47(55)59(41)60(42)48)66(44-23-27-46(28-24-44)68(6,7)8)58-36-52(62)50(34-54(58)64)40-15-11-38(2)12-16-40/h9-36H,1-8H3. The van der Waals surface area contributed by atoms with Crippen LogP contribution < -0.4 is 20.2 Å². The van der Waals surface area contributed by atoms with Crippen LogP contribution >= 0.6 is 0 Å². The minimum absolute atomic E-state index is 0.0781. The average molecular weight is 933 g/mol. The van der Waals surface area contributed by atoms with Gasteiger partial charge in [-0.2, -0.15) is 0 Å². The second kappa shape index (κ2) is 16.9. The van der Waals surface area contributed by atoms with Crippen LogP contribution in [-0.2, 0) is 0 Å². The molecule has 0 amide bonds. The van der Waals surface area contributed by atoms with E-state index >= 15 is 17.6 Å². The average Bonchev–Trinajstić information content (AvgIpc) is 3.31. The van der Waals surface area contributed by atoms with E-state index in [1.165, 1.54) is 34.6 Å². The largest absolute Gasteiger partial charge is 0.307 e. The van der Waals surface area contributed by atoms with E-state index in [2.05, 4.69) is 63.5 Å². The van der Waals surface area contributed by atoms with Gasteiger partial charge in [-0.05, 0) is 95.1 Å². The molecule has 0 saturated carbocycles. The van der Waals surface area contributed by atoms with Crippen LogP contribution in [0.5, 0.6) is 0 Å². The van der Waals surface area contributed by atoms with Gasteiger partial charge in [0, 0.05) is 45.4 Å². The van der Waals surface area contributed by atoms with Gasteiger partial charge in [0.25, 0.3) is 0 Å². The summed E-state index contributed by atoms with van der Waals surface area (Å²) in [5.41, 5.74) is 6.46. The zero-order valence-electron chi connectivity index (χ0n) is 39.6. The fourth-order valence-electron chi connectivity index (χ4n) is 9.52. The molecule has 0 unspecified atom stereocenters. The monoisotopic (exact) mass is 932 g/mol. The summed E-state index contributed by atoms with van der Waals surface area (Å²) in [6.45, 7) is 17.6. The molecule has 0 spiro atoms. The molecule has 338 valence electrons. The highest BCUT2D eigenvalue weighted by Crippen LogP contribution is 2.49. The molecular formula is C60H52F4N2Si2. The Morgan fingerprint density at radius 2 is 0.676 bits per heavy atom. The highest BCUT2D eigenvalue weighted by Gasteiger charge is 2.27. The lowest BCUT2D eigenvalue weighted by Crippen LogP contribution is -2.37. The molecule has 0 heterocycles. The van der Waals surface area contributed by atoms with Gasteiger partial charge in [0.1, 0.15) is 23.3 Å². The first-order valence-electron chi connectivity index (χ1n) is 23.1. The van der Waals surface area contributed by atoms with E-state index < -0.39 is 39.4 Å². The maximum absolute atomic E-state index is 17.0. The van der Waals surface area contributed by atoms with Crippen molar-refractivity contribution in [2.24, 2.45) is 0 Å². The molecule has 10 aromatic rings. The number of hydrogen-bond acceptors (Lipinski definition) is 2. The summed E-state index contributed by atoms with van der Waals surface area (Å²) < 4.78 is 66.9. The van der Waals surface area contributed by atoms with Crippen molar-refractivity contribution in [1.29, 1.82) is 0 Å². The van der Waals surface area contributed by atoms with Crippen LogP contribution in [-0.4, -0.2) is 16.1 Å². The molecule has 0 atom stereocenters. The van der Waals surface area contributed by atoms with Crippen molar-refractivity contribution in [2.45, 2.75) is 53.1 Å². The number of aryl methyl sites for hydroxylation is 2. The van der Waals surface area contributed by atoms with E-state index in [4.69, 9.17) is 0 Å². The fourth-order valence-corrected chi connectivity index (χ4v) is 11.9. The van der Waals surface area contributed by atoms with Crippen molar-refractivity contribution >= 4 is 93.0 Å². The topological polar surface area (TPSA) is 6.48 Å². The Balaban J connectivity index is 1.20. The van der Waals surface area contributed by atoms with Crippen molar-refractivity contribution in [3.05, 3.63) is 204 Å². The van der Waals surface area contributed by atoms with Gasteiger partial charge in [-0.1, -0.05) is 170 Å². The van der Waals surface area contributed by atoms with Gasteiger partial charge in [-0.15, -0.1) is 0 Å². The summed E-state index contributed by atoms with van der Waals surface area (Å²) in [6.07, 6.45) is 0. The van der Waals surface area contributed by atoms with Gasteiger partial charge in [0.2, 0.25) is 0 Å². The summed E-state index contributed by atoms with van der Waals surface area (Å²) in [4.78, 5) is 3.64. The molecular weight excluding hydrogens is 881 g/mol. The van der Waals surface area contributed by atoms with Gasteiger partial charge in [-0.3, -0.25) is 0 Å². The van der Waals surface area contributed by atoms with Crippen molar-refractivity contribution in [3.63, 3.8) is 0 Å². The molecule has 0 aromatic heterocycles. The summed E-state index contributed by atoms with van der Waals surface area (Å²) in [5.74, 6) is -2.21. The normalized spacial score (nSPS) is 12.1. The maximum atomic E-state index is 17.0. The van der Waals surface area contributed by atoms with E-state index in [9.17, 15) is 0 Å². The number of nitrogens with zero attached hydrogens (tertiary/aromatic N) is 2. The van der Waals surface area contributed by atoms with Crippen LogP contribution in [0.3, 0.4) is 0 Å². The van der Waals surface area contributed by atoms with Crippen LogP contribution in [0, 0.1) is 37.1 Å². The number of hydrogen-bond donors (Lipinski definition) is 0. The van der Waals surface area contributed by atoms with E-state index in [0.717, 1.165) is 43.4 Å². The third-order valence-electron chi connectivity index (χ3n) is 13.4. The molecule has 0 radical (unpaired) electrons. The van der Waals surface area contributed by atoms with Crippen LogP contribution in [0.4, 0.5) is 51.7 Å². The molecule has 0 saturated heterocycles. The van der Waals surface area contributed by atoms with Crippen LogP contribution in [0.1, 0.15) is 11.1 Å². The summed E-state index contributed by atoms with van der Waals surface area (Å²) >= 11 is 0. The molecule has 0 bridgehead atoms. The maximum Gasteiger partial charge on any atom is 0.148 e. The summed E-state index contributed by atoms with van der Waals surface area (Å²) in [6, 6.07) is 52.6. The molecule has 10 aromatic carbocycles. The smallest absolute Gasteiger partial charge is 0.148 e. The lowest BCUT2D eigenvalue weighted by molar-refractivity contribution is 0.604. The molecule has 0 N–H and O–H groups in total. The van der Waals surface area contributed by atoms with Crippen molar-refractivity contribution in [3.8, 4) is 22.3 Å². The van der Waals surface area contributed by atoms with Crippen LogP contribution in [0.25, 0.3) is 54.6 Å². The Morgan fingerprint density at radius 3 is 1.01 bits per heavy atom. The van der Waals surface area contributed by atoms with Gasteiger partial charge in [0.05, 0.1) is 38.9 Å². The lowest BCUT2D eigenvalue weighted by atomic mass is 9.91. The van der Waals surface area contributed by atoms with Crippen molar-refractivity contribution in [2.75, 3.05) is 9.80 Å². The predicted octanol–water partition coefficient (Wildman–Crippen LogP) is 17.1. The van der Waals surface area contributed by atoms with E-state index in [0.29, 0.717) is 33.9 Å².